The molecule has 0 aromatic heterocycles. The highest BCUT2D eigenvalue weighted by Crippen LogP contribution is 2.25. The van der Waals surface area contributed by atoms with E-state index in [0.717, 1.165) is 11.1 Å². The fourth-order valence-electron chi connectivity index (χ4n) is 8.54. The van der Waals surface area contributed by atoms with Gasteiger partial charge in [0.25, 0.3) is 11.8 Å². The quantitative estimate of drug-likeness (QED) is 0.0247. The number of ether oxygens (including phenoxy) is 5. The standard InChI is InChI=1S/C65H95N5O14/c1-42-25-29-45(30-26-42)56(75)68-48(33-35-54(73)81-62(5,6)7)51(71)40-46(58(77)83-64(11,12)13)38-44-27-31-47(32-28-44)80-41-53(72)67-50(39-43-22-18-17-19-23-43)57(76)66-37-21-20-24-52(61(2,3)4)70-60(79)69-49(59(78)84-65(14,15)16)34-36-55(74)82-63(8,9)10/h17-19,22-23,25-32,46,48-50,52H,20-21,24,33-41H2,1-16H3,(H,66,76)(H,67,72)(H,68,75)(H2,69,70,79)/t46-,48+,49+,50+,52+/m1/s1. The summed E-state index contributed by atoms with van der Waals surface area (Å²) in [6.07, 6.45) is 1.28. The second kappa shape index (κ2) is 32.1. The Balaban J connectivity index is 1.66. The summed E-state index contributed by atoms with van der Waals surface area (Å²) in [6, 6.07) is 18.6. The van der Waals surface area contributed by atoms with Crippen LogP contribution in [0.2, 0.25) is 0 Å². The molecule has 0 saturated heterocycles. The van der Waals surface area contributed by atoms with Crippen molar-refractivity contribution in [3.8, 4) is 5.75 Å². The zero-order chi connectivity index (χ0) is 63.2. The monoisotopic (exact) mass is 1170 g/mol. The van der Waals surface area contributed by atoms with Gasteiger partial charge in [-0.1, -0.05) is 80.9 Å². The Bertz CT molecular complexity index is 2660. The first-order chi connectivity index (χ1) is 38.8. The maximum Gasteiger partial charge on any atom is 0.329 e. The molecule has 0 aliphatic rings. The highest BCUT2D eigenvalue weighted by Gasteiger charge is 2.34. The average Bonchev–Trinajstić information content (AvgIpc) is 3.52. The lowest BCUT2D eigenvalue weighted by atomic mass is 9.84. The van der Waals surface area contributed by atoms with Crippen LogP contribution in [-0.2, 0) is 65.4 Å². The molecule has 5 N–H and O–H groups in total. The van der Waals surface area contributed by atoms with Crippen molar-refractivity contribution in [3.63, 3.8) is 0 Å². The minimum Gasteiger partial charge on any atom is -0.484 e. The van der Waals surface area contributed by atoms with Crippen LogP contribution in [0.5, 0.6) is 5.75 Å². The van der Waals surface area contributed by atoms with Gasteiger partial charge in [0.05, 0.1) is 12.0 Å². The van der Waals surface area contributed by atoms with E-state index in [1.807, 2.05) is 58.0 Å². The van der Waals surface area contributed by atoms with E-state index in [4.69, 9.17) is 23.7 Å². The van der Waals surface area contributed by atoms with Crippen LogP contribution in [0, 0.1) is 18.3 Å². The summed E-state index contributed by atoms with van der Waals surface area (Å²) in [5.41, 5.74) is -0.844. The molecule has 0 fully saturated rings. The molecule has 84 heavy (non-hydrogen) atoms. The van der Waals surface area contributed by atoms with Crippen LogP contribution in [0.4, 0.5) is 4.79 Å². The molecule has 0 saturated carbocycles. The number of unbranched alkanes of at least 4 members (excludes halogenated alkanes) is 1. The molecule has 0 spiro atoms. The topological polar surface area (TPSA) is 260 Å². The number of ketones is 1. The van der Waals surface area contributed by atoms with Gasteiger partial charge in [-0.05, 0) is 169 Å². The molecule has 0 unspecified atom stereocenters. The third kappa shape index (κ3) is 29.3. The Labute approximate surface area is 497 Å². The van der Waals surface area contributed by atoms with Crippen molar-refractivity contribution < 1.29 is 66.8 Å². The first-order valence-corrected chi connectivity index (χ1v) is 29.0. The molecule has 3 aromatic carbocycles. The van der Waals surface area contributed by atoms with Crippen molar-refractivity contribution in [2.75, 3.05) is 13.2 Å². The summed E-state index contributed by atoms with van der Waals surface area (Å²) in [6.45, 7) is 28.4. The lowest BCUT2D eigenvalue weighted by Crippen LogP contribution is -2.53. The largest absolute Gasteiger partial charge is 0.484 e. The van der Waals surface area contributed by atoms with Crippen molar-refractivity contribution in [2.45, 2.75) is 222 Å². The van der Waals surface area contributed by atoms with Gasteiger partial charge >= 0.3 is 29.9 Å². The van der Waals surface area contributed by atoms with Gasteiger partial charge in [0.1, 0.15) is 40.2 Å². The van der Waals surface area contributed by atoms with E-state index in [9.17, 15) is 43.2 Å². The maximum atomic E-state index is 14.1. The second-order valence-electron chi connectivity index (χ2n) is 26.4. The molecule has 19 nitrogen and oxygen atoms in total. The number of urea groups is 1. The van der Waals surface area contributed by atoms with Crippen LogP contribution in [0.15, 0.2) is 78.9 Å². The number of benzene rings is 3. The number of aryl methyl sites for hydroxylation is 1. The van der Waals surface area contributed by atoms with Crippen LogP contribution in [0.1, 0.15) is 182 Å². The fraction of sp³-hybridized carbons (Fsp3) is 0.585. The number of hydrogen-bond donors (Lipinski definition) is 5. The van der Waals surface area contributed by atoms with Gasteiger partial charge < -0.3 is 50.3 Å². The Kier molecular flexibility index (Phi) is 27.1. The number of amides is 5. The molecule has 19 heteroatoms. The van der Waals surface area contributed by atoms with E-state index in [1.165, 1.54) is 0 Å². The molecule has 0 aliphatic heterocycles. The third-order valence-corrected chi connectivity index (χ3v) is 12.6. The summed E-state index contributed by atoms with van der Waals surface area (Å²) >= 11 is 0. The van der Waals surface area contributed by atoms with E-state index >= 15 is 0 Å². The van der Waals surface area contributed by atoms with Gasteiger partial charge in [-0.3, -0.25) is 33.6 Å². The van der Waals surface area contributed by atoms with Crippen molar-refractivity contribution in [2.24, 2.45) is 11.3 Å². The zero-order valence-corrected chi connectivity index (χ0v) is 52.6. The number of nitrogens with one attached hydrogen (secondary N) is 5. The van der Waals surface area contributed by atoms with E-state index in [2.05, 4.69) is 26.6 Å². The molecule has 3 aromatic rings. The van der Waals surface area contributed by atoms with E-state index < -0.39 is 112 Å². The van der Waals surface area contributed by atoms with Gasteiger partial charge in [0.2, 0.25) is 5.91 Å². The van der Waals surface area contributed by atoms with E-state index in [-0.39, 0.29) is 57.5 Å². The molecular formula is C65H95N5O14. The van der Waals surface area contributed by atoms with Gasteiger partial charge in [0, 0.05) is 43.8 Å². The summed E-state index contributed by atoms with van der Waals surface area (Å²) in [5, 5.41) is 14.3. The second-order valence-corrected chi connectivity index (χ2v) is 26.4. The SMILES string of the molecule is Cc1ccc(C(=O)N[C@@H](CCC(=O)OC(C)(C)C)C(=O)C[C@@H](Cc2ccc(OCC(=O)N[C@@H](Cc3ccccc3)C(=O)NCCCC[C@H](NC(=O)N[C@@H](CCC(=O)OC(C)(C)C)C(=O)OC(C)(C)C)C(C)(C)C)cc2)C(=O)OC(C)(C)C)cc1. The number of rotatable bonds is 29. The molecule has 0 heterocycles. The number of Topliss-reactive ketones (excluding diaryl/α,β-unsaturated/α-hetero) is 1. The first kappa shape index (κ1) is 71.0. The van der Waals surface area contributed by atoms with Gasteiger partial charge in [0.15, 0.2) is 12.4 Å². The molecule has 0 radical (unpaired) electrons. The molecule has 5 atom stereocenters. The minimum absolute atomic E-state index is 0.0251. The molecule has 0 aliphatic carbocycles. The Hall–Kier alpha value is -7.31. The van der Waals surface area contributed by atoms with Crippen LogP contribution in [0.25, 0.3) is 0 Å². The van der Waals surface area contributed by atoms with Gasteiger partial charge in [-0.25, -0.2) is 9.59 Å². The molecular weight excluding hydrogens is 1070 g/mol. The average molecular weight is 1170 g/mol. The summed E-state index contributed by atoms with van der Waals surface area (Å²) in [4.78, 5) is 120. The summed E-state index contributed by atoms with van der Waals surface area (Å²) in [5.74, 6) is -4.92. The zero-order valence-electron chi connectivity index (χ0n) is 52.6. The Morgan fingerprint density at radius 2 is 1.02 bits per heavy atom. The van der Waals surface area contributed by atoms with Crippen LogP contribution in [-0.4, -0.2) is 113 Å². The lowest BCUT2D eigenvalue weighted by molar-refractivity contribution is -0.161. The number of carbonyl (C=O) groups excluding carboxylic acids is 9. The highest BCUT2D eigenvalue weighted by molar-refractivity contribution is 5.99. The third-order valence-electron chi connectivity index (χ3n) is 12.6. The number of carbonyl (C=O) groups is 9. The molecule has 3 rings (SSSR count). The predicted molar refractivity (Wildman–Crippen MR) is 321 cm³/mol. The Morgan fingerprint density at radius 1 is 0.500 bits per heavy atom. The van der Waals surface area contributed by atoms with Crippen LogP contribution in [0.3, 0.4) is 0 Å². The minimum atomic E-state index is -1.12. The van der Waals surface area contributed by atoms with Crippen molar-refractivity contribution in [1.29, 1.82) is 0 Å². The predicted octanol–water partition coefficient (Wildman–Crippen LogP) is 9.31. The normalized spacial score (nSPS) is 13.8. The van der Waals surface area contributed by atoms with Gasteiger partial charge in [-0.2, -0.15) is 0 Å². The van der Waals surface area contributed by atoms with Crippen molar-refractivity contribution in [3.05, 3.63) is 101 Å². The van der Waals surface area contributed by atoms with E-state index in [0.29, 0.717) is 36.1 Å². The maximum absolute atomic E-state index is 14.1. The first-order valence-electron chi connectivity index (χ1n) is 29.0. The smallest absolute Gasteiger partial charge is 0.329 e. The lowest BCUT2D eigenvalue weighted by Gasteiger charge is -2.32. The molecule has 0 bridgehead atoms. The molecule has 5 amide bonds. The Morgan fingerprint density at radius 3 is 1.56 bits per heavy atom. The van der Waals surface area contributed by atoms with Gasteiger partial charge in [-0.15, -0.1) is 0 Å². The van der Waals surface area contributed by atoms with Crippen molar-refractivity contribution in [1.82, 2.24) is 26.6 Å². The van der Waals surface area contributed by atoms with Crippen LogP contribution >= 0.6 is 0 Å². The van der Waals surface area contributed by atoms with E-state index in [1.54, 1.807) is 132 Å². The van der Waals surface area contributed by atoms with Crippen molar-refractivity contribution >= 4 is 53.4 Å². The summed E-state index contributed by atoms with van der Waals surface area (Å²) < 4.78 is 28.1. The summed E-state index contributed by atoms with van der Waals surface area (Å²) in [7, 11) is 0. The highest BCUT2D eigenvalue weighted by atomic mass is 16.6. The van der Waals surface area contributed by atoms with Crippen LogP contribution < -0.4 is 31.3 Å². The fourth-order valence-corrected chi connectivity index (χ4v) is 8.54. The number of hydrogen-bond acceptors (Lipinski definition) is 14. The number of esters is 4. The molecule has 464 valence electrons.